The second-order valence-electron chi connectivity index (χ2n) is 6.71. The Labute approximate surface area is 179 Å². The summed E-state index contributed by atoms with van der Waals surface area (Å²) in [6.07, 6.45) is 0. The Morgan fingerprint density at radius 1 is 0.677 bits per heavy atom. The molecule has 0 unspecified atom stereocenters. The van der Waals surface area contributed by atoms with Gasteiger partial charge in [-0.2, -0.15) is 0 Å². The summed E-state index contributed by atoms with van der Waals surface area (Å²) in [5.41, 5.74) is -1.54. The van der Waals surface area contributed by atoms with Crippen LogP contribution in [0.15, 0.2) is 91.0 Å². The number of carbonyl (C=O) groups is 1. The van der Waals surface area contributed by atoms with Crippen molar-refractivity contribution in [3.05, 3.63) is 91.0 Å². The molecule has 0 bridgehead atoms. The molecule has 0 fully saturated rings. The molecule has 0 N–H and O–H groups in total. The van der Waals surface area contributed by atoms with Crippen LogP contribution in [0.25, 0.3) is 0 Å². The van der Waals surface area contributed by atoms with Crippen molar-refractivity contribution in [2.75, 3.05) is 0 Å². The van der Waals surface area contributed by atoms with Gasteiger partial charge in [0.25, 0.3) is 0 Å². The molecule has 0 aromatic heterocycles. The Bertz CT molecular complexity index is 1110. The van der Waals surface area contributed by atoms with E-state index in [1.54, 1.807) is 54.6 Å². The number of hydrogen-bond acceptors (Lipinski definition) is 6. The van der Waals surface area contributed by atoms with Crippen molar-refractivity contribution in [2.24, 2.45) is 0 Å². The minimum atomic E-state index is -6.03. The van der Waals surface area contributed by atoms with E-state index < -0.39 is 23.8 Å². The summed E-state index contributed by atoms with van der Waals surface area (Å²) in [5.74, 6) is 1.28. The van der Waals surface area contributed by atoms with Gasteiger partial charge in [0.15, 0.2) is 0 Å². The Balaban J connectivity index is 2.54. The van der Waals surface area contributed by atoms with Crippen LogP contribution in [0.2, 0.25) is 5.86 Å². The van der Waals surface area contributed by atoms with Gasteiger partial charge in [-0.25, -0.2) is 0 Å². The normalized spacial score (nSPS) is 14.4. The second kappa shape index (κ2) is 7.53. The van der Waals surface area contributed by atoms with Crippen molar-refractivity contribution in [3.63, 3.8) is 0 Å². The molecule has 6 nitrogen and oxygen atoms in total. The van der Waals surface area contributed by atoms with Gasteiger partial charge in [-0.15, -0.1) is 0 Å². The molecule has 0 spiro atoms. The van der Waals surface area contributed by atoms with Gasteiger partial charge in [-0.3, -0.25) is 0 Å². The molecule has 3 aromatic rings. The Kier molecular flexibility index (Phi) is 5.48. The maximum absolute atomic E-state index is 15.8. The van der Waals surface area contributed by atoms with Gasteiger partial charge >= 0.3 is 179 Å². The summed E-state index contributed by atoms with van der Waals surface area (Å²) in [6, 6.07) is 27.5. The molecular weight excluding hydrogens is 462 g/mol. The van der Waals surface area contributed by atoms with E-state index in [2.05, 4.69) is 0 Å². The first kappa shape index (κ1) is 22.6. The van der Waals surface area contributed by atoms with E-state index in [0.717, 1.165) is 0 Å². The molecular formula is C23H19CoO6P. The van der Waals surface area contributed by atoms with Crippen LogP contribution in [0.3, 0.4) is 0 Å². The Morgan fingerprint density at radius 3 is 1.23 bits per heavy atom. The van der Waals surface area contributed by atoms with Crippen molar-refractivity contribution >= 4 is 44.5 Å². The topological polar surface area (TPSA) is 94.6 Å². The van der Waals surface area contributed by atoms with E-state index in [1.807, 2.05) is 0 Å². The molecule has 0 amide bonds. The Hall–Kier alpha value is -3.12. The number of rotatable bonds is 8. The molecule has 0 aliphatic rings. The van der Waals surface area contributed by atoms with E-state index in [1.165, 1.54) is 60.3 Å². The predicted octanol–water partition coefficient (Wildman–Crippen LogP) is 2.58. The third kappa shape index (κ3) is 3.13. The first-order valence-corrected chi connectivity index (χ1v) is 14.3. The van der Waals surface area contributed by atoms with Crippen LogP contribution in [0.4, 0.5) is 4.79 Å². The van der Waals surface area contributed by atoms with Crippen LogP contribution in [-0.4, -0.2) is 23.8 Å². The molecule has 0 saturated heterocycles. The maximum atomic E-state index is 15.8. The van der Waals surface area contributed by atoms with Crippen molar-refractivity contribution in [3.8, 4) is 0 Å². The van der Waals surface area contributed by atoms with Gasteiger partial charge in [0.2, 0.25) is 0 Å². The number of hydrogen-bond donors (Lipinski definition) is 0. The average Bonchev–Trinajstić information content (AvgIpc) is 2.83. The fourth-order valence-corrected chi connectivity index (χ4v) is 10.3. The quantitative estimate of drug-likeness (QED) is 0.459. The summed E-state index contributed by atoms with van der Waals surface area (Å²) in [5, 5.41) is 0. The average molecular weight is 481 g/mol. The zero-order chi connectivity index (χ0) is 22.7. The predicted molar refractivity (Wildman–Crippen MR) is 117 cm³/mol. The van der Waals surface area contributed by atoms with Crippen molar-refractivity contribution < 1.29 is 37.7 Å². The van der Waals surface area contributed by atoms with Crippen LogP contribution in [0, 0.1) is 0 Å². The van der Waals surface area contributed by atoms with Crippen LogP contribution in [0.5, 0.6) is 0 Å². The molecule has 0 atom stereocenters. The van der Waals surface area contributed by atoms with Gasteiger partial charge in [0, 0.05) is 0 Å². The standard InChI is InChI=1S/3C6H5.C4H2O5P.CH3.Co.O/c3*1-2-4-6-5-3-1;5-1-10(2-6,3-7)4(8)9;;;/h3*1-5H;10H,(H,8,9);1H3;;/q;;;;;+1;/p-1. The third-order valence-corrected chi connectivity index (χ3v) is 13.5. The van der Waals surface area contributed by atoms with E-state index in [-0.39, 0.29) is 13.5 Å². The molecule has 3 aromatic carbocycles. The van der Waals surface area contributed by atoms with Crippen LogP contribution in [0.1, 0.15) is 0 Å². The van der Waals surface area contributed by atoms with E-state index in [4.69, 9.17) is 3.85 Å². The van der Waals surface area contributed by atoms with Gasteiger partial charge in [0.1, 0.15) is 0 Å². The molecule has 0 aliphatic carbocycles. The first-order valence-electron chi connectivity index (χ1n) is 8.86. The van der Waals surface area contributed by atoms with Gasteiger partial charge < -0.3 is 0 Å². The molecule has 3 radical (unpaired) electrons. The van der Waals surface area contributed by atoms with E-state index >= 15 is 3.87 Å². The number of benzene rings is 3. The minimum absolute atomic E-state index is 0.127. The zero-order valence-corrected chi connectivity index (χ0v) is 18.5. The fourth-order valence-electron chi connectivity index (χ4n) is 3.03. The molecule has 0 aliphatic heterocycles. The van der Waals surface area contributed by atoms with Crippen LogP contribution < -0.4 is 13.5 Å². The summed E-state index contributed by atoms with van der Waals surface area (Å²) in [6.45, 7) is 0. The molecule has 0 saturated carbocycles. The SMILES string of the molecule is [CH3][Co](=[O])([O]C(=O)[PH]([C]=O)([C]=O)[C]=O)([c]1ccccc1)([c]1ccccc1)[c]1ccccc1. The summed E-state index contributed by atoms with van der Waals surface area (Å²) < 4.78 is 22.0. The molecule has 3 rings (SSSR count). The first-order chi connectivity index (χ1) is 14.7. The summed E-state index contributed by atoms with van der Waals surface area (Å²) in [7, 11) is -10.9. The van der Waals surface area contributed by atoms with E-state index in [9.17, 15) is 19.2 Å². The second-order valence-corrected chi connectivity index (χ2v) is 15.9. The fraction of sp³-hybridized carbons (Fsp3) is 0.0435. The molecule has 31 heavy (non-hydrogen) atoms. The van der Waals surface area contributed by atoms with Crippen molar-refractivity contribution in [1.29, 1.82) is 0 Å². The molecule has 161 valence electrons. The number of carbonyl (C=O) groups excluding carboxylic acids is 4. The zero-order valence-electron chi connectivity index (χ0n) is 16.4. The summed E-state index contributed by atoms with van der Waals surface area (Å²) >= 11 is 0. The van der Waals surface area contributed by atoms with Crippen LogP contribution in [-0.2, 0) is 32.9 Å². The van der Waals surface area contributed by atoms with Gasteiger partial charge in [0.05, 0.1) is 0 Å². The van der Waals surface area contributed by atoms with Gasteiger partial charge in [-0.05, 0) is 0 Å². The van der Waals surface area contributed by atoms with Gasteiger partial charge in [-0.1, -0.05) is 0 Å². The Morgan fingerprint density at radius 2 is 0.968 bits per heavy atom. The van der Waals surface area contributed by atoms with Crippen LogP contribution >= 0.6 is 7.26 Å². The molecule has 0 heterocycles. The van der Waals surface area contributed by atoms with Crippen molar-refractivity contribution in [1.82, 2.24) is 0 Å². The summed E-state index contributed by atoms with van der Waals surface area (Å²) in [4.78, 5) is 47.6. The molecule has 8 heteroatoms. The monoisotopic (exact) mass is 481 g/mol. The van der Waals surface area contributed by atoms with E-state index in [0.29, 0.717) is 0 Å². The third-order valence-electron chi connectivity index (χ3n) is 4.81. The van der Waals surface area contributed by atoms with Crippen molar-refractivity contribution in [2.45, 2.75) is 5.86 Å².